The average molecular weight is 553 g/mol. The minimum Gasteiger partial charge on any atom is -0.497 e. The average Bonchev–Trinajstić information content (AvgIpc) is 3.23. The molecule has 0 radical (unpaired) electrons. The van der Waals surface area contributed by atoms with Crippen LogP contribution in [-0.4, -0.2) is 57.2 Å². The van der Waals surface area contributed by atoms with Crippen LogP contribution < -0.4 is 25.8 Å². The van der Waals surface area contributed by atoms with Gasteiger partial charge in [0.25, 0.3) is 0 Å². The molecule has 0 saturated carbocycles. The number of likely N-dealkylation sites (tertiary alicyclic amines) is 1. The van der Waals surface area contributed by atoms with E-state index in [-0.39, 0.29) is 24.0 Å². The third kappa shape index (κ3) is 7.27. The lowest BCUT2D eigenvalue weighted by atomic mass is 10.1. The molecule has 1 amide bonds. The molecule has 1 fully saturated rings. The van der Waals surface area contributed by atoms with Crippen LogP contribution in [0.1, 0.15) is 27.9 Å². The summed E-state index contributed by atoms with van der Waals surface area (Å²) in [6, 6.07) is 13.5. The minimum absolute atomic E-state index is 0. The molecule has 2 aromatic carbocycles. The Kier molecular flexibility index (Phi) is 10.0. The molecule has 1 aliphatic rings. The number of carbonyl (C=O) groups is 1. The quantitative estimate of drug-likeness (QED) is 0.264. The lowest BCUT2D eigenvalue weighted by molar-refractivity contribution is 0.100. The van der Waals surface area contributed by atoms with Crippen LogP contribution >= 0.6 is 24.0 Å². The Bertz CT molecular complexity index is 898. The van der Waals surface area contributed by atoms with Crippen LogP contribution in [0.4, 0.5) is 0 Å². The van der Waals surface area contributed by atoms with E-state index in [9.17, 15) is 4.79 Å². The molecule has 1 unspecified atom stereocenters. The Morgan fingerprint density at radius 2 is 1.78 bits per heavy atom. The first-order valence-corrected chi connectivity index (χ1v) is 10.3. The third-order valence-electron chi connectivity index (χ3n) is 5.35. The van der Waals surface area contributed by atoms with Gasteiger partial charge >= 0.3 is 0 Å². The molecule has 32 heavy (non-hydrogen) atoms. The first-order valence-electron chi connectivity index (χ1n) is 10.3. The number of hydrogen-bond acceptors (Lipinski definition) is 5. The molecule has 2 aromatic rings. The molecule has 1 aliphatic heterocycles. The molecule has 0 spiro atoms. The second-order valence-corrected chi connectivity index (χ2v) is 7.57. The van der Waals surface area contributed by atoms with Gasteiger partial charge in [-0.15, -0.1) is 24.0 Å². The van der Waals surface area contributed by atoms with Crippen molar-refractivity contribution in [3.8, 4) is 11.5 Å². The van der Waals surface area contributed by atoms with E-state index >= 15 is 0 Å². The highest BCUT2D eigenvalue weighted by Gasteiger charge is 2.23. The van der Waals surface area contributed by atoms with Gasteiger partial charge in [-0.1, -0.05) is 12.1 Å². The number of amides is 1. The Morgan fingerprint density at radius 1 is 1.12 bits per heavy atom. The van der Waals surface area contributed by atoms with E-state index in [0.29, 0.717) is 18.2 Å². The number of carbonyl (C=O) groups excluding carboxylic acids is 1. The van der Waals surface area contributed by atoms with E-state index in [2.05, 4.69) is 20.5 Å². The standard InChI is InChI=1S/C23H31N5O3.HI/c1-25-23(26-13-16-4-6-18(7-5-16)22(24)29)27-19-8-9-28(15-19)14-17-10-20(30-2)12-21(11-17)31-3;/h4-7,10-12,19H,8-9,13-15H2,1-3H3,(H2,24,29)(H2,25,26,27);1H. The van der Waals surface area contributed by atoms with Crippen molar-refractivity contribution in [3.63, 3.8) is 0 Å². The highest BCUT2D eigenvalue weighted by molar-refractivity contribution is 14.0. The van der Waals surface area contributed by atoms with Crippen molar-refractivity contribution < 1.29 is 14.3 Å². The largest absolute Gasteiger partial charge is 0.497 e. The maximum absolute atomic E-state index is 11.2. The zero-order valence-electron chi connectivity index (χ0n) is 18.8. The summed E-state index contributed by atoms with van der Waals surface area (Å²) in [4.78, 5) is 17.9. The Balaban J connectivity index is 0.00000363. The number of nitrogens with two attached hydrogens (primary N) is 1. The van der Waals surface area contributed by atoms with E-state index in [1.54, 1.807) is 33.4 Å². The molecule has 3 rings (SSSR count). The lowest BCUT2D eigenvalue weighted by Crippen LogP contribution is -2.44. The third-order valence-corrected chi connectivity index (χ3v) is 5.35. The predicted octanol–water partition coefficient (Wildman–Crippen LogP) is 2.36. The van der Waals surface area contributed by atoms with Gasteiger partial charge in [-0.2, -0.15) is 0 Å². The van der Waals surface area contributed by atoms with Crippen LogP contribution in [0.5, 0.6) is 11.5 Å². The van der Waals surface area contributed by atoms with Gasteiger partial charge in [-0.3, -0.25) is 14.7 Å². The summed E-state index contributed by atoms with van der Waals surface area (Å²) in [5.41, 5.74) is 8.01. The summed E-state index contributed by atoms with van der Waals surface area (Å²) in [6.45, 7) is 3.37. The smallest absolute Gasteiger partial charge is 0.248 e. The van der Waals surface area contributed by atoms with Gasteiger partial charge in [0.1, 0.15) is 11.5 Å². The molecule has 9 heteroatoms. The Labute approximate surface area is 206 Å². The molecule has 4 N–H and O–H groups in total. The number of halogens is 1. The summed E-state index contributed by atoms with van der Waals surface area (Å²) in [7, 11) is 5.10. The highest BCUT2D eigenvalue weighted by Crippen LogP contribution is 2.24. The van der Waals surface area contributed by atoms with Crippen LogP contribution in [0.25, 0.3) is 0 Å². The number of benzene rings is 2. The number of methoxy groups -OCH3 is 2. The molecule has 8 nitrogen and oxygen atoms in total. The van der Waals surface area contributed by atoms with Crippen molar-refractivity contribution in [2.75, 3.05) is 34.4 Å². The number of nitrogens with one attached hydrogen (secondary N) is 2. The topological polar surface area (TPSA) is 101 Å². The predicted molar refractivity (Wildman–Crippen MR) is 137 cm³/mol. The molecule has 1 saturated heterocycles. The van der Waals surface area contributed by atoms with Crippen LogP contribution in [0, 0.1) is 0 Å². The second kappa shape index (κ2) is 12.5. The number of rotatable bonds is 8. The SMILES string of the molecule is CN=C(NCc1ccc(C(N)=O)cc1)NC1CCN(Cc2cc(OC)cc(OC)c2)C1.I. The van der Waals surface area contributed by atoms with E-state index in [1.807, 2.05) is 30.3 Å². The molecule has 0 aromatic heterocycles. The number of aliphatic imine (C=N–C) groups is 1. The van der Waals surface area contributed by atoms with Crippen molar-refractivity contribution in [2.24, 2.45) is 10.7 Å². The van der Waals surface area contributed by atoms with Crippen LogP contribution in [0.15, 0.2) is 47.5 Å². The number of hydrogen-bond donors (Lipinski definition) is 3. The van der Waals surface area contributed by atoms with Gasteiger partial charge in [0, 0.05) is 50.9 Å². The van der Waals surface area contributed by atoms with Gasteiger partial charge in [-0.05, 0) is 41.8 Å². The zero-order chi connectivity index (χ0) is 22.2. The maximum Gasteiger partial charge on any atom is 0.248 e. The fourth-order valence-corrected chi connectivity index (χ4v) is 3.67. The van der Waals surface area contributed by atoms with Crippen molar-refractivity contribution in [1.82, 2.24) is 15.5 Å². The van der Waals surface area contributed by atoms with Gasteiger partial charge in [0.05, 0.1) is 14.2 Å². The minimum atomic E-state index is -0.421. The van der Waals surface area contributed by atoms with Crippen molar-refractivity contribution in [3.05, 3.63) is 59.2 Å². The van der Waals surface area contributed by atoms with Crippen LogP contribution in [-0.2, 0) is 13.1 Å². The number of ether oxygens (including phenoxy) is 2. The monoisotopic (exact) mass is 553 g/mol. The molecular formula is C23H32IN5O3. The Morgan fingerprint density at radius 3 is 2.34 bits per heavy atom. The summed E-state index contributed by atoms with van der Waals surface area (Å²) >= 11 is 0. The molecule has 0 bridgehead atoms. The van der Waals surface area contributed by atoms with E-state index in [4.69, 9.17) is 15.2 Å². The molecule has 1 heterocycles. The maximum atomic E-state index is 11.2. The fourth-order valence-electron chi connectivity index (χ4n) is 3.67. The number of primary amides is 1. The molecule has 0 aliphatic carbocycles. The number of nitrogens with zero attached hydrogens (tertiary/aromatic N) is 2. The van der Waals surface area contributed by atoms with Crippen molar-refractivity contribution in [1.29, 1.82) is 0 Å². The van der Waals surface area contributed by atoms with Gasteiger partial charge in [0.2, 0.25) is 5.91 Å². The molecular weight excluding hydrogens is 521 g/mol. The fraction of sp³-hybridized carbons (Fsp3) is 0.391. The number of guanidine groups is 1. The summed E-state index contributed by atoms with van der Waals surface area (Å²) in [6.07, 6.45) is 1.04. The van der Waals surface area contributed by atoms with Gasteiger partial charge in [-0.25, -0.2) is 0 Å². The van der Waals surface area contributed by atoms with Crippen molar-refractivity contribution in [2.45, 2.75) is 25.6 Å². The summed E-state index contributed by atoms with van der Waals surface area (Å²) in [5, 5.41) is 6.83. The Hall–Kier alpha value is -2.53. The molecule has 174 valence electrons. The normalized spacial score (nSPS) is 16.2. The lowest BCUT2D eigenvalue weighted by Gasteiger charge is -2.19. The van der Waals surface area contributed by atoms with E-state index < -0.39 is 5.91 Å². The second-order valence-electron chi connectivity index (χ2n) is 7.57. The zero-order valence-corrected chi connectivity index (χ0v) is 21.1. The van der Waals surface area contributed by atoms with Gasteiger partial charge in [0.15, 0.2) is 5.96 Å². The van der Waals surface area contributed by atoms with Crippen LogP contribution in [0.3, 0.4) is 0 Å². The van der Waals surface area contributed by atoms with E-state index in [0.717, 1.165) is 49.1 Å². The van der Waals surface area contributed by atoms with Gasteiger partial charge < -0.3 is 25.8 Å². The summed E-state index contributed by atoms with van der Waals surface area (Å²) in [5.74, 6) is 1.94. The first-order chi connectivity index (χ1) is 15.0. The highest BCUT2D eigenvalue weighted by atomic mass is 127. The summed E-state index contributed by atoms with van der Waals surface area (Å²) < 4.78 is 10.7. The molecule has 1 atom stereocenters. The first kappa shape index (κ1) is 25.7. The van der Waals surface area contributed by atoms with E-state index in [1.165, 1.54) is 5.56 Å². The van der Waals surface area contributed by atoms with Crippen LogP contribution in [0.2, 0.25) is 0 Å². The van der Waals surface area contributed by atoms with Crippen molar-refractivity contribution >= 4 is 35.8 Å².